The van der Waals surface area contributed by atoms with E-state index in [9.17, 15) is 14.7 Å². The van der Waals surface area contributed by atoms with E-state index in [4.69, 9.17) is 15.1 Å². The molecule has 0 radical (unpaired) electrons. The lowest BCUT2D eigenvalue weighted by Gasteiger charge is -2.32. The molecule has 11 nitrogen and oxygen atoms in total. The lowest BCUT2D eigenvalue weighted by molar-refractivity contribution is -0.112. The number of rotatable bonds is 7. The predicted octanol–water partition coefficient (Wildman–Crippen LogP) is 5.21. The Kier molecular flexibility index (Phi) is 9.15. The number of pyridine rings is 1. The zero-order chi connectivity index (χ0) is 31.5. The molecule has 0 unspecified atom stereocenters. The van der Waals surface area contributed by atoms with Crippen LogP contribution in [0.4, 0.5) is 17.2 Å². The Bertz CT molecular complexity index is 1690. The average Bonchev–Trinajstić information content (AvgIpc) is 3.86. The maximum absolute atomic E-state index is 13.5. The van der Waals surface area contributed by atoms with Crippen LogP contribution in [0.3, 0.4) is 0 Å². The van der Waals surface area contributed by atoms with E-state index in [-0.39, 0.29) is 35.0 Å². The number of ether oxygens (including phenoxy) is 1. The number of aromatic hydroxyl groups is 1. The fraction of sp³-hybridized carbons (Fsp3) is 0.375. The maximum atomic E-state index is 13.5. The van der Waals surface area contributed by atoms with E-state index < -0.39 is 5.91 Å². The summed E-state index contributed by atoms with van der Waals surface area (Å²) >= 11 is 3.64. The first kappa shape index (κ1) is 30.9. The number of hydrogen-bond donors (Lipinski definition) is 3. The zero-order valence-electron chi connectivity index (χ0n) is 25.1. The van der Waals surface area contributed by atoms with Gasteiger partial charge in [0, 0.05) is 37.5 Å². The van der Waals surface area contributed by atoms with Crippen LogP contribution in [0.25, 0.3) is 0 Å². The van der Waals surface area contributed by atoms with E-state index in [0.717, 1.165) is 34.1 Å². The fourth-order valence-electron chi connectivity index (χ4n) is 5.22. The SMILES string of the molecule is CC#CC(=O)N(c1ccc(NC)c(C(=N)OC2CCN(C(=O)c3ncnc(C)c3O)CC2)n1)c1cc(C)c(Br)cc1C1CC1. The third-order valence-electron chi connectivity index (χ3n) is 7.82. The second-order valence-corrected chi connectivity index (χ2v) is 11.7. The molecule has 1 saturated carbocycles. The van der Waals surface area contributed by atoms with Crippen LogP contribution in [0.5, 0.6) is 5.75 Å². The van der Waals surface area contributed by atoms with E-state index in [1.165, 1.54) is 11.2 Å². The molecule has 3 N–H and O–H groups in total. The van der Waals surface area contributed by atoms with E-state index >= 15 is 0 Å². The van der Waals surface area contributed by atoms with E-state index in [1.807, 2.05) is 13.0 Å². The molecular weight excluding hydrogens is 626 g/mol. The molecule has 2 fully saturated rings. The number of aromatic nitrogens is 3. The first-order valence-corrected chi connectivity index (χ1v) is 15.2. The van der Waals surface area contributed by atoms with Crippen LogP contribution in [0.1, 0.15) is 71.5 Å². The largest absolute Gasteiger partial charge is 0.504 e. The highest BCUT2D eigenvalue weighted by Gasteiger charge is 2.32. The van der Waals surface area contributed by atoms with Gasteiger partial charge in [0.15, 0.2) is 11.4 Å². The lowest BCUT2D eigenvalue weighted by Crippen LogP contribution is -2.42. The molecular formula is C32H34BrN7O4. The molecule has 3 heterocycles. The summed E-state index contributed by atoms with van der Waals surface area (Å²) in [5, 5.41) is 22.2. The van der Waals surface area contributed by atoms with Crippen LogP contribution in [0, 0.1) is 31.1 Å². The molecule has 1 saturated heterocycles. The fourth-order valence-corrected chi connectivity index (χ4v) is 5.58. The molecule has 1 aromatic carbocycles. The second kappa shape index (κ2) is 13.0. The first-order chi connectivity index (χ1) is 21.1. The molecule has 3 aromatic rings. The molecule has 0 atom stereocenters. The third-order valence-corrected chi connectivity index (χ3v) is 8.67. The summed E-state index contributed by atoms with van der Waals surface area (Å²) in [6, 6.07) is 7.55. The molecule has 0 bridgehead atoms. The number of hydrogen-bond acceptors (Lipinski definition) is 9. The van der Waals surface area contributed by atoms with Gasteiger partial charge in [-0.2, -0.15) is 0 Å². The van der Waals surface area contributed by atoms with Crippen LogP contribution in [0.2, 0.25) is 0 Å². The summed E-state index contributed by atoms with van der Waals surface area (Å²) in [7, 11) is 1.73. The van der Waals surface area contributed by atoms with Gasteiger partial charge in [0.25, 0.3) is 5.91 Å². The third kappa shape index (κ3) is 6.38. The molecule has 1 aliphatic heterocycles. The van der Waals surface area contributed by atoms with Gasteiger partial charge in [0.1, 0.15) is 23.9 Å². The first-order valence-electron chi connectivity index (χ1n) is 14.4. The molecule has 0 spiro atoms. The molecule has 2 aliphatic rings. The number of piperidine rings is 1. The Hall–Kier alpha value is -4.50. The Labute approximate surface area is 264 Å². The zero-order valence-corrected chi connectivity index (χ0v) is 26.7. The minimum Gasteiger partial charge on any atom is -0.504 e. The van der Waals surface area contributed by atoms with Crippen LogP contribution in [0.15, 0.2) is 35.1 Å². The standard InChI is InChI=1S/C32H34BrN7O4/c1-5-6-27(41)40(25-15-18(2)23(33)16-22(25)20-7-8-20)26-10-9-24(35-4)28(38-26)31(34)44-21-11-13-39(14-12-21)32(43)29-30(42)19(3)36-17-37-29/h9-10,15-17,20-21,34-35,42H,7-8,11-14H2,1-4H3. The number of likely N-dealkylation sites (tertiary alicyclic amines) is 1. The van der Waals surface area contributed by atoms with Gasteiger partial charge in [-0.1, -0.05) is 21.9 Å². The summed E-state index contributed by atoms with van der Waals surface area (Å²) < 4.78 is 7.06. The van der Waals surface area contributed by atoms with Crippen molar-refractivity contribution < 1.29 is 19.4 Å². The predicted molar refractivity (Wildman–Crippen MR) is 171 cm³/mol. The van der Waals surface area contributed by atoms with Gasteiger partial charge in [-0.15, -0.1) is 0 Å². The Balaban J connectivity index is 1.38. The smallest absolute Gasteiger partial charge is 0.308 e. The summed E-state index contributed by atoms with van der Waals surface area (Å²) in [4.78, 5) is 42.2. The average molecular weight is 661 g/mol. The summed E-state index contributed by atoms with van der Waals surface area (Å²) in [5.74, 6) is 4.92. The number of benzene rings is 1. The van der Waals surface area contributed by atoms with Gasteiger partial charge in [0.2, 0.25) is 5.90 Å². The molecule has 2 amide bonds. The van der Waals surface area contributed by atoms with Gasteiger partial charge >= 0.3 is 5.91 Å². The molecule has 44 heavy (non-hydrogen) atoms. The van der Waals surface area contributed by atoms with Crippen LogP contribution in [-0.2, 0) is 9.53 Å². The van der Waals surface area contributed by atoms with Crippen molar-refractivity contribution in [1.82, 2.24) is 19.9 Å². The summed E-state index contributed by atoms with van der Waals surface area (Å²) in [6.45, 7) is 5.95. The van der Waals surface area contributed by atoms with E-state index in [0.29, 0.717) is 49.0 Å². The Morgan fingerprint density at radius 1 is 1.14 bits per heavy atom. The van der Waals surface area contributed by atoms with E-state index in [1.54, 1.807) is 37.9 Å². The van der Waals surface area contributed by atoms with Crippen molar-refractivity contribution in [1.29, 1.82) is 5.41 Å². The van der Waals surface area contributed by atoms with Gasteiger partial charge in [0.05, 0.1) is 17.1 Å². The normalized spacial score (nSPS) is 14.8. The molecule has 12 heteroatoms. The van der Waals surface area contributed by atoms with Crippen molar-refractivity contribution in [3.05, 3.63) is 63.3 Å². The lowest BCUT2D eigenvalue weighted by atomic mass is 10.0. The van der Waals surface area contributed by atoms with Gasteiger partial charge in [-0.25, -0.2) is 15.0 Å². The highest BCUT2D eigenvalue weighted by atomic mass is 79.9. The number of halogens is 1. The number of carbonyl (C=O) groups excluding carboxylic acids is 2. The highest BCUT2D eigenvalue weighted by Crippen LogP contribution is 2.47. The van der Waals surface area contributed by atoms with Crippen LogP contribution < -0.4 is 10.2 Å². The minimum absolute atomic E-state index is 0.0260. The quantitative estimate of drug-likeness (QED) is 0.178. The minimum atomic E-state index is -0.416. The van der Waals surface area contributed by atoms with E-state index in [2.05, 4.69) is 49.1 Å². The maximum Gasteiger partial charge on any atom is 0.308 e. The number of amides is 2. The molecule has 2 aromatic heterocycles. The summed E-state index contributed by atoms with van der Waals surface area (Å²) in [5.41, 5.74) is 3.90. The topological polar surface area (TPSA) is 145 Å². The Morgan fingerprint density at radius 2 is 1.86 bits per heavy atom. The van der Waals surface area contributed by atoms with Gasteiger partial charge < -0.3 is 20.1 Å². The number of aryl methyl sites for hydroxylation is 2. The second-order valence-electron chi connectivity index (χ2n) is 10.9. The van der Waals surface area contributed by atoms with Gasteiger partial charge in [-0.3, -0.25) is 19.9 Å². The number of nitrogens with one attached hydrogen (secondary N) is 2. The van der Waals surface area contributed by atoms with Crippen molar-refractivity contribution in [2.24, 2.45) is 0 Å². The summed E-state index contributed by atoms with van der Waals surface area (Å²) in [6.07, 6.45) is 3.98. The van der Waals surface area contributed by atoms with Crippen LogP contribution >= 0.6 is 15.9 Å². The molecule has 228 valence electrons. The Morgan fingerprint density at radius 3 is 2.52 bits per heavy atom. The number of carbonyl (C=O) groups is 2. The van der Waals surface area contributed by atoms with Crippen molar-refractivity contribution in [2.75, 3.05) is 30.4 Å². The molecule has 5 rings (SSSR count). The van der Waals surface area contributed by atoms with Crippen molar-refractivity contribution in [3.8, 4) is 17.6 Å². The highest BCUT2D eigenvalue weighted by molar-refractivity contribution is 9.10. The van der Waals surface area contributed by atoms with Gasteiger partial charge in [-0.05, 0) is 80.8 Å². The number of anilines is 3. The van der Waals surface area contributed by atoms with Crippen molar-refractivity contribution >= 4 is 50.8 Å². The molecule has 1 aliphatic carbocycles. The van der Waals surface area contributed by atoms with Crippen LogP contribution in [-0.4, -0.2) is 68.9 Å². The van der Waals surface area contributed by atoms with Crippen molar-refractivity contribution in [2.45, 2.75) is 58.5 Å². The van der Waals surface area contributed by atoms with Crippen molar-refractivity contribution in [3.63, 3.8) is 0 Å². The number of nitrogens with zero attached hydrogens (tertiary/aromatic N) is 5. The monoisotopic (exact) mass is 659 g/mol.